The zero-order valence-electron chi connectivity index (χ0n) is 12.5. The van der Waals surface area contributed by atoms with Crippen LogP contribution in [0.25, 0.3) is 5.69 Å². The van der Waals surface area contributed by atoms with Gasteiger partial charge in [0, 0.05) is 25.4 Å². The summed E-state index contributed by atoms with van der Waals surface area (Å²) < 4.78 is 19.4. The number of benzene rings is 1. The molecule has 1 amide bonds. The number of carbonyl (C=O) groups excluding carboxylic acids is 1. The van der Waals surface area contributed by atoms with Gasteiger partial charge in [0.15, 0.2) is 0 Å². The van der Waals surface area contributed by atoms with E-state index in [0.29, 0.717) is 6.54 Å². The van der Waals surface area contributed by atoms with Gasteiger partial charge in [-0.3, -0.25) is 4.79 Å². The highest BCUT2D eigenvalue weighted by atomic mass is 19.1. The molecule has 1 atom stereocenters. The second-order valence-corrected chi connectivity index (χ2v) is 4.94. The number of amides is 1. The molecule has 0 aliphatic rings. The Morgan fingerprint density at radius 1 is 1.45 bits per heavy atom. The van der Waals surface area contributed by atoms with Crippen LogP contribution >= 0.6 is 0 Å². The highest BCUT2D eigenvalue weighted by Gasteiger charge is 2.14. The standard InChI is InChI=1S/C15H19FN4O2/c1-10-11(7-18-15(21)14(17)9-22-2)8-20(19-10)13-5-3-12(16)4-6-13/h3-6,8,14H,7,9,17H2,1-2H3,(H,18,21). The van der Waals surface area contributed by atoms with E-state index in [1.807, 2.05) is 6.92 Å². The van der Waals surface area contributed by atoms with Gasteiger partial charge in [-0.2, -0.15) is 5.10 Å². The van der Waals surface area contributed by atoms with Gasteiger partial charge < -0.3 is 15.8 Å². The van der Waals surface area contributed by atoms with Gasteiger partial charge >= 0.3 is 0 Å². The lowest BCUT2D eigenvalue weighted by Gasteiger charge is -2.10. The largest absolute Gasteiger partial charge is 0.383 e. The summed E-state index contributed by atoms with van der Waals surface area (Å²) in [4.78, 5) is 11.7. The minimum Gasteiger partial charge on any atom is -0.383 e. The Labute approximate surface area is 128 Å². The molecule has 0 saturated heterocycles. The van der Waals surface area contributed by atoms with Crippen LogP contribution in [0.2, 0.25) is 0 Å². The summed E-state index contributed by atoms with van der Waals surface area (Å²) in [6.07, 6.45) is 1.80. The molecule has 7 heteroatoms. The van der Waals surface area contributed by atoms with E-state index >= 15 is 0 Å². The summed E-state index contributed by atoms with van der Waals surface area (Å²) in [5, 5.41) is 7.10. The number of rotatable bonds is 6. The number of ether oxygens (including phenoxy) is 1. The number of aryl methyl sites for hydroxylation is 1. The molecule has 118 valence electrons. The van der Waals surface area contributed by atoms with Crippen LogP contribution in [0, 0.1) is 12.7 Å². The molecule has 6 nitrogen and oxygen atoms in total. The van der Waals surface area contributed by atoms with Gasteiger partial charge in [-0.25, -0.2) is 9.07 Å². The normalized spacial score (nSPS) is 12.2. The van der Waals surface area contributed by atoms with Gasteiger partial charge in [0.05, 0.1) is 18.0 Å². The highest BCUT2D eigenvalue weighted by molar-refractivity contribution is 5.81. The number of nitrogens with two attached hydrogens (primary N) is 1. The van der Waals surface area contributed by atoms with Crippen LogP contribution in [-0.2, 0) is 16.1 Å². The molecule has 2 rings (SSSR count). The second kappa shape index (κ2) is 7.15. The predicted octanol–water partition coefficient (Wildman–Crippen LogP) is 0.910. The van der Waals surface area contributed by atoms with Crippen molar-refractivity contribution in [2.45, 2.75) is 19.5 Å². The van der Waals surface area contributed by atoms with Gasteiger partial charge in [-0.15, -0.1) is 0 Å². The van der Waals surface area contributed by atoms with Gasteiger partial charge in [-0.1, -0.05) is 0 Å². The zero-order valence-corrected chi connectivity index (χ0v) is 12.5. The van der Waals surface area contributed by atoms with Crippen molar-refractivity contribution < 1.29 is 13.9 Å². The lowest BCUT2D eigenvalue weighted by molar-refractivity contribution is -0.123. The van der Waals surface area contributed by atoms with Crippen molar-refractivity contribution in [2.24, 2.45) is 5.73 Å². The molecular weight excluding hydrogens is 287 g/mol. The van der Waals surface area contributed by atoms with Crippen LogP contribution in [0.1, 0.15) is 11.3 Å². The molecule has 2 aromatic rings. The number of halogens is 1. The predicted molar refractivity (Wildman–Crippen MR) is 80.0 cm³/mol. The van der Waals surface area contributed by atoms with E-state index < -0.39 is 6.04 Å². The van der Waals surface area contributed by atoms with E-state index in [4.69, 9.17) is 10.5 Å². The minimum atomic E-state index is -0.697. The molecule has 22 heavy (non-hydrogen) atoms. The Bertz CT molecular complexity index is 639. The molecule has 0 fully saturated rings. The maximum absolute atomic E-state index is 12.9. The van der Waals surface area contributed by atoms with Crippen molar-refractivity contribution in [1.29, 1.82) is 0 Å². The molecule has 0 spiro atoms. The molecule has 0 aliphatic carbocycles. The monoisotopic (exact) mass is 306 g/mol. The fraction of sp³-hybridized carbons (Fsp3) is 0.333. The molecule has 0 bridgehead atoms. The molecule has 0 aliphatic heterocycles. The molecule has 3 N–H and O–H groups in total. The zero-order chi connectivity index (χ0) is 16.1. The molecule has 0 radical (unpaired) electrons. The molecule has 1 unspecified atom stereocenters. The molecule has 0 saturated carbocycles. The second-order valence-electron chi connectivity index (χ2n) is 4.94. The van der Waals surface area contributed by atoms with Crippen LogP contribution in [0.5, 0.6) is 0 Å². The van der Waals surface area contributed by atoms with Crippen LogP contribution in [-0.4, -0.2) is 35.4 Å². The average Bonchev–Trinajstić information content (AvgIpc) is 2.87. The number of nitrogens with one attached hydrogen (secondary N) is 1. The molecule has 1 aromatic carbocycles. The first kappa shape index (κ1) is 16.1. The first-order valence-electron chi connectivity index (χ1n) is 6.84. The third-order valence-electron chi connectivity index (χ3n) is 3.23. The summed E-state index contributed by atoms with van der Waals surface area (Å²) in [5.74, 6) is -0.581. The number of hydrogen-bond donors (Lipinski definition) is 2. The lowest BCUT2D eigenvalue weighted by Crippen LogP contribution is -2.43. The smallest absolute Gasteiger partial charge is 0.239 e. The minimum absolute atomic E-state index is 0.166. The number of carbonyl (C=O) groups is 1. The van der Waals surface area contributed by atoms with Gasteiger partial charge in [-0.05, 0) is 31.2 Å². The average molecular weight is 306 g/mol. The van der Waals surface area contributed by atoms with Crippen molar-refractivity contribution in [3.05, 3.63) is 47.5 Å². The fourth-order valence-corrected chi connectivity index (χ4v) is 1.96. The lowest BCUT2D eigenvalue weighted by atomic mass is 10.2. The number of hydrogen-bond acceptors (Lipinski definition) is 4. The van der Waals surface area contributed by atoms with Crippen LogP contribution in [0.4, 0.5) is 4.39 Å². The maximum Gasteiger partial charge on any atom is 0.239 e. The van der Waals surface area contributed by atoms with E-state index in [1.54, 1.807) is 23.0 Å². The number of aromatic nitrogens is 2. The molecule has 1 heterocycles. The maximum atomic E-state index is 12.9. The summed E-state index contributed by atoms with van der Waals surface area (Å²) in [6.45, 7) is 2.33. The third kappa shape index (κ3) is 3.90. The quantitative estimate of drug-likeness (QED) is 0.831. The third-order valence-corrected chi connectivity index (χ3v) is 3.23. The van der Waals surface area contributed by atoms with E-state index in [0.717, 1.165) is 16.9 Å². The van der Waals surface area contributed by atoms with Gasteiger partial charge in [0.1, 0.15) is 11.9 Å². The van der Waals surface area contributed by atoms with E-state index in [2.05, 4.69) is 10.4 Å². The van der Waals surface area contributed by atoms with E-state index in [-0.39, 0.29) is 18.3 Å². The highest BCUT2D eigenvalue weighted by Crippen LogP contribution is 2.12. The van der Waals surface area contributed by atoms with Crippen molar-refractivity contribution >= 4 is 5.91 Å². The Balaban J connectivity index is 2.04. The van der Waals surface area contributed by atoms with Crippen molar-refractivity contribution in [3.8, 4) is 5.69 Å². The first-order chi connectivity index (χ1) is 10.5. The Hall–Kier alpha value is -2.25. The summed E-state index contributed by atoms with van der Waals surface area (Å²) in [6, 6.07) is 5.32. The molecular formula is C15H19FN4O2. The topological polar surface area (TPSA) is 82.2 Å². The number of nitrogens with zero attached hydrogens (tertiary/aromatic N) is 2. The first-order valence-corrected chi connectivity index (χ1v) is 6.84. The van der Waals surface area contributed by atoms with Crippen LogP contribution < -0.4 is 11.1 Å². The van der Waals surface area contributed by atoms with E-state index in [1.165, 1.54) is 19.2 Å². The van der Waals surface area contributed by atoms with Crippen LogP contribution in [0.15, 0.2) is 30.5 Å². The fourth-order valence-electron chi connectivity index (χ4n) is 1.96. The SMILES string of the molecule is COCC(N)C(=O)NCc1cn(-c2ccc(F)cc2)nc1C. The van der Waals surface area contributed by atoms with Crippen molar-refractivity contribution in [2.75, 3.05) is 13.7 Å². The number of methoxy groups -OCH3 is 1. The van der Waals surface area contributed by atoms with Gasteiger partial charge in [0.25, 0.3) is 0 Å². The van der Waals surface area contributed by atoms with Crippen LogP contribution in [0.3, 0.4) is 0 Å². The Kier molecular flexibility index (Phi) is 5.24. The van der Waals surface area contributed by atoms with Crippen molar-refractivity contribution in [3.63, 3.8) is 0 Å². The van der Waals surface area contributed by atoms with Gasteiger partial charge in [0.2, 0.25) is 5.91 Å². The summed E-state index contributed by atoms with van der Waals surface area (Å²) in [5.41, 5.74) is 8.04. The molecule has 1 aromatic heterocycles. The van der Waals surface area contributed by atoms with Crippen molar-refractivity contribution in [1.82, 2.24) is 15.1 Å². The Morgan fingerprint density at radius 3 is 2.77 bits per heavy atom. The summed E-state index contributed by atoms with van der Waals surface area (Å²) in [7, 11) is 1.49. The van der Waals surface area contributed by atoms with E-state index in [9.17, 15) is 9.18 Å². The summed E-state index contributed by atoms with van der Waals surface area (Å²) >= 11 is 0. The Morgan fingerprint density at radius 2 is 2.14 bits per heavy atom.